The maximum Gasteiger partial charge on any atom is 0.282 e. The largest absolute Gasteiger partial charge is 0.486 e. The van der Waals surface area contributed by atoms with Crippen molar-refractivity contribution in [3.05, 3.63) is 57.5 Å². The second kappa shape index (κ2) is 6.42. The van der Waals surface area contributed by atoms with Gasteiger partial charge in [0.05, 0.1) is 11.0 Å². The van der Waals surface area contributed by atoms with E-state index in [0.29, 0.717) is 41.4 Å². The molecule has 3 aromatic rings. The molecule has 0 atom stereocenters. The van der Waals surface area contributed by atoms with Crippen molar-refractivity contribution >= 4 is 22.6 Å². The number of anilines is 1. The summed E-state index contributed by atoms with van der Waals surface area (Å²) in [5.41, 5.74) is 3.32. The van der Waals surface area contributed by atoms with Gasteiger partial charge in [-0.3, -0.25) is 9.59 Å². The van der Waals surface area contributed by atoms with Crippen molar-refractivity contribution in [2.45, 2.75) is 13.8 Å². The molecule has 1 amide bonds. The number of hydrogen-bond donors (Lipinski definition) is 1. The average Bonchev–Trinajstić information content (AvgIpc) is 2.66. The number of nitrogens with one attached hydrogen (secondary N) is 1. The molecule has 1 N–H and O–H groups in total. The molecular formula is C20H19N3O4. The van der Waals surface area contributed by atoms with Crippen LogP contribution in [0.1, 0.15) is 21.6 Å². The summed E-state index contributed by atoms with van der Waals surface area (Å²) in [5, 5.41) is 2.72. The first-order valence-corrected chi connectivity index (χ1v) is 8.63. The van der Waals surface area contributed by atoms with E-state index in [1.165, 1.54) is 4.57 Å². The van der Waals surface area contributed by atoms with Gasteiger partial charge in [0.25, 0.3) is 11.5 Å². The Morgan fingerprint density at radius 1 is 1.07 bits per heavy atom. The maximum atomic E-state index is 12.7. The van der Waals surface area contributed by atoms with Crippen LogP contribution in [0.15, 0.2) is 35.1 Å². The number of carbonyl (C=O) groups is 1. The van der Waals surface area contributed by atoms with E-state index in [1.54, 1.807) is 25.2 Å². The number of aromatic nitrogens is 2. The summed E-state index contributed by atoms with van der Waals surface area (Å²) in [5.74, 6) is 0.627. The van der Waals surface area contributed by atoms with E-state index in [2.05, 4.69) is 10.3 Å². The van der Waals surface area contributed by atoms with Gasteiger partial charge in [0, 0.05) is 18.8 Å². The van der Waals surface area contributed by atoms with Crippen LogP contribution in [0.3, 0.4) is 0 Å². The number of ether oxygens (including phenoxy) is 2. The fraction of sp³-hybridized carbons (Fsp3) is 0.250. The summed E-state index contributed by atoms with van der Waals surface area (Å²) in [6.07, 6.45) is 0. The molecule has 0 bridgehead atoms. The lowest BCUT2D eigenvalue weighted by Crippen LogP contribution is -2.30. The summed E-state index contributed by atoms with van der Waals surface area (Å²) in [6.45, 7) is 4.89. The molecule has 2 heterocycles. The first-order valence-electron chi connectivity index (χ1n) is 8.63. The first-order chi connectivity index (χ1) is 12.9. The fourth-order valence-corrected chi connectivity index (χ4v) is 3.04. The molecule has 0 saturated carbocycles. The molecule has 1 aromatic heterocycles. The number of hydrogen-bond acceptors (Lipinski definition) is 5. The zero-order valence-electron chi connectivity index (χ0n) is 15.3. The van der Waals surface area contributed by atoms with Crippen LogP contribution in [0.4, 0.5) is 5.69 Å². The van der Waals surface area contributed by atoms with Gasteiger partial charge in [0.2, 0.25) is 0 Å². The second-order valence-corrected chi connectivity index (χ2v) is 6.56. The van der Waals surface area contributed by atoms with Crippen LogP contribution >= 0.6 is 0 Å². The van der Waals surface area contributed by atoms with E-state index in [9.17, 15) is 9.59 Å². The summed E-state index contributed by atoms with van der Waals surface area (Å²) in [4.78, 5) is 29.6. The highest BCUT2D eigenvalue weighted by atomic mass is 16.6. The predicted molar refractivity (Wildman–Crippen MR) is 102 cm³/mol. The third-order valence-electron chi connectivity index (χ3n) is 4.71. The minimum absolute atomic E-state index is 0.150. The molecule has 1 aliphatic heterocycles. The van der Waals surface area contributed by atoms with Crippen LogP contribution in [0, 0.1) is 13.8 Å². The quantitative estimate of drug-likeness (QED) is 0.755. The molecule has 2 aromatic carbocycles. The summed E-state index contributed by atoms with van der Waals surface area (Å²) >= 11 is 0. The van der Waals surface area contributed by atoms with Gasteiger partial charge < -0.3 is 19.4 Å². The highest BCUT2D eigenvalue weighted by molar-refractivity contribution is 6.03. The van der Waals surface area contributed by atoms with E-state index >= 15 is 0 Å². The van der Waals surface area contributed by atoms with E-state index in [4.69, 9.17) is 9.47 Å². The van der Waals surface area contributed by atoms with Crippen LogP contribution in [0.2, 0.25) is 0 Å². The van der Waals surface area contributed by atoms with Crippen molar-refractivity contribution in [2.24, 2.45) is 7.05 Å². The predicted octanol–water partition coefficient (Wildman–Crippen LogP) is 2.57. The van der Waals surface area contributed by atoms with Crippen molar-refractivity contribution in [1.29, 1.82) is 0 Å². The number of fused-ring (bicyclic) bond motifs is 2. The Bertz CT molecular complexity index is 1130. The van der Waals surface area contributed by atoms with Gasteiger partial charge in [0.15, 0.2) is 17.2 Å². The van der Waals surface area contributed by atoms with Crippen LogP contribution < -0.4 is 20.3 Å². The van der Waals surface area contributed by atoms with Gasteiger partial charge >= 0.3 is 0 Å². The van der Waals surface area contributed by atoms with Gasteiger partial charge in [-0.2, -0.15) is 0 Å². The number of aryl methyl sites for hydroxylation is 3. The summed E-state index contributed by atoms with van der Waals surface area (Å²) in [6, 6.07) is 8.88. The fourth-order valence-electron chi connectivity index (χ4n) is 3.04. The number of amides is 1. The minimum atomic E-state index is -0.563. The monoisotopic (exact) mass is 365 g/mol. The second-order valence-electron chi connectivity index (χ2n) is 6.56. The molecule has 7 heteroatoms. The van der Waals surface area contributed by atoms with Gasteiger partial charge in [-0.1, -0.05) is 0 Å². The normalized spacial score (nSPS) is 12.9. The number of rotatable bonds is 2. The smallest absolute Gasteiger partial charge is 0.282 e. The Balaban J connectivity index is 1.71. The van der Waals surface area contributed by atoms with Crippen molar-refractivity contribution in [1.82, 2.24) is 9.55 Å². The van der Waals surface area contributed by atoms with Gasteiger partial charge in [-0.15, -0.1) is 0 Å². The summed E-state index contributed by atoms with van der Waals surface area (Å²) in [7, 11) is 1.64. The zero-order chi connectivity index (χ0) is 19.1. The van der Waals surface area contributed by atoms with Crippen molar-refractivity contribution in [3.63, 3.8) is 0 Å². The third-order valence-corrected chi connectivity index (χ3v) is 4.71. The Morgan fingerprint density at radius 2 is 1.78 bits per heavy atom. The number of benzene rings is 2. The molecule has 1 aliphatic rings. The molecule has 0 aliphatic carbocycles. The number of nitrogens with zero attached hydrogens (tertiary/aromatic N) is 2. The van der Waals surface area contributed by atoms with Crippen LogP contribution in [0.5, 0.6) is 11.5 Å². The molecule has 0 unspecified atom stereocenters. The molecule has 0 spiro atoms. The first kappa shape index (κ1) is 17.1. The lowest BCUT2D eigenvalue weighted by molar-refractivity contribution is 0.102. The molecular weight excluding hydrogens is 346 g/mol. The average molecular weight is 365 g/mol. The Hall–Kier alpha value is -3.35. The molecule has 4 rings (SSSR count). The van der Waals surface area contributed by atoms with Crippen molar-refractivity contribution in [2.75, 3.05) is 18.5 Å². The van der Waals surface area contributed by atoms with Crippen LogP contribution in [0.25, 0.3) is 11.0 Å². The van der Waals surface area contributed by atoms with E-state index in [0.717, 1.165) is 11.1 Å². The Kier molecular flexibility index (Phi) is 4.07. The van der Waals surface area contributed by atoms with E-state index in [-0.39, 0.29) is 5.69 Å². The third kappa shape index (κ3) is 3.01. The van der Waals surface area contributed by atoms with Crippen LogP contribution in [-0.2, 0) is 7.05 Å². The van der Waals surface area contributed by atoms with Gasteiger partial charge in [-0.25, -0.2) is 4.98 Å². The minimum Gasteiger partial charge on any atom is -0.486 e. The van der Waals surface area contributed by atoms with E-state index < -0.39 is 11.5 Å². The lowest BCUT2D eigenvalue weighted by Gasteiger charge is -2.19. The Morgan fingerprint density at radius 3 is 2.56 bits per heavy atom. The summed E-state index contributed by atoms with van der Waals surface area (Å²) < 4.78 is 12.4. The molecule has 0 radical (unpaired) electrons. The lowest BCUT2D eigenvalue weighted by atomic mass is 10.1. The topological polar surface area (TPSA) is 82.5 Å². The maximum absolute atomic E-state index is 12.7. The zero-order valence-corrected chi connectivity index (χ0v) is 15.3. The molecule has 138 valence electrons. The van der Waals surface area contributed by atoms with Crippen LogP contribution in [-0.4, -0.2) is 28.7 Å². The van der Waals surface area contributed by atoms with Gasteiger partial charge in [-0.05, 0) is 49.2 Å². The van der Waals surface area contributed by atoms with Gasteiger partial charge in [0.1, 0.15) is 13.2 Å². The molecule has 0 saturated heterocycles. The highest BCUT2D eigenvalue weighted by Crippen LogP contribution is 2.32. The SMILES string of the molecule is Cc1cc2nc(C(=O)Nc3ccc4c(c3)OCCO4)c(=O)n(C)c2cc1C. The van der Waals surface area contributed by atoms with E-state index in [1.807, 2.05) is 26.0 Å². The molecule has 27 heavy (non-hydrogen) atoms. The number of carbonyl (C=O) groups excluding carboxylic acids is 1. The van der Waals surface area contributed by atoms with Crippen molar-refractivity contribution < 1.29 is 14.3 Å². The molecule has 0 fully saturated rings. The standard InChI is InChI=1S/C20H19N3O4/c1-11-8-14-15(9-12(11)2)23(3)20(25)18(22-14)19(24)21-13-4-5-16-17(10-13)27-7-6-26-16/h4-5,8-10H,6-7H2,1-3H3,(H,21,24). The highest BCUT2D eigenvalue weighted by Gasteiger charge is 2.18. The molecule has 7 nitrogen and oxygen atoms in total. The van der Waals surface area contributed by atoms with Crippen molar-refractivity contribution in [3.8, 4) is 11.5 Å². The Labute approximate surface area is 155 Å².